The zero-order chi connectivity index (χ0) is 13.4. The molecule has 0 unspecified atom stereocenters. The van der Waals surface area contributed by atoms with E-state index in [1.807, 2.05) is 49.9 Å². The summed E-state index contributed by atoms with van der Waals surface area (Å²) in [5.74, 6) is 1.10. The molecule has 0 saturated carbocycles. The molecule has 1 aromatic carbocycles. The molecule has 0 bridgehead atoms. The molecule has 0 spiro atoms. The van der Waals surface area contributed by atoms with Crippen molar-refractivity contribution in [1.29, 1.82) is 0 Å². The number of carbonyl (C=O) groups is 1. The van der Waals surface area contributed by atoms with Crippen LogP contribution in [0.2, 0.25) is 0 Å². The van der Waals surface area contributed by atoms with E-state index in [0.717, 1.165) is 25.3 Å². The molecule has 0 N–H and O–H groups in total. The summed E-state index contributed by atoms with van der Waals surface area (Å²) in [5.41, 5.74) is 1.19. The van der Waals surface area contributed by atoms with Gasteiger partial charge in [0.05, 0.1) is 6.61 Å². The number of aryl methyl sites for hydroxylation is 1. The highest BCUT2D eigenvalue weighted by Gasteiger charge is 2.08. The average molecular weight is 249 g/mol. The Morgan fingerprint density at radius 3 is 2.61 bits per heavy atom. The first kappa shape index (κ1) is 14.6. The van der Waals surface area contributed by atoms with Crippen LogP contribution < -0.4 is 4.74 Å². The average Bonchev–Trinajstić information content (AvgIpc) is 2.36. The lowest BCUT2D eigenvalue weighted by molar-refractivity contribution is -0.131. The minimum absolute atomic E-state index is 0.216. The van der Waals surface area contributed by atoms with Crippen LogP contribution in [0, 0.1) is 6.92 Å². The standard InChI is InChI=1S/C15H23NO2/c1-4-16(5-2)15(17)10-7-11-18-14-9-6-8-13(3)12-14/h6,8-9,12H,4-5,7,10-11H2,1-3H3. The molecule has 0 aliphatic heterocycles. The maximum Gasteiger partial charge on any atom is 0.222 e. The van der Waals surface area contributed by atoms with Gasteiger partial charge in [0.15, 0.2) is 0 Å². The summed E-state index contributed by atoms with van der Waals surface area (Å²) in [5, 5.41) is 0. The van der Waals surface area contributed by atoms with Gasteiger partial charge in [0.1, 0.15) is 5.75 Å². The molecular weight excluding hydrogens is 226 g/mol. The lowest BCUT2D eigenvalue weighted by Gasteiger charge is -2.18. The maximum absolute atomic E-state index is 11.7. The van der Waals surface area contributed by atoms with Gasteiger partial charge in [0, 0.05) is 19.5 Å². The zero-order valence-corrected chi connectivity index (χ0v) is 11.6. The smallest absolute Gasteiger partial charge is 0.222 e. The number of benzene rings is 1. The second-order valence-electron chi connectivity index (χ2n) is 4.33. The molecule has 100 valence electrons. The van der Waals surface area contributed by atoms with Crippen molar-refractivity contribution in [2.24, 2.45) is 0 Å². The molecule has 3 heteroatoms. The quantitative estimate of drug-likeness (QED) is 0.695. The first-order chi connectivity index (χ1) is 8.67. The molecule has 18 heavy (non-hydrogen) atoms. The predicted molar refractivity (Wildman–Crippen MR) is 73.8 cm³/mol. The van der Waals surface area contributed by atoms with E-state index in [0.29, 0.717) is 13.0 Å². The second kappa shape index (κ2) is 7.75. The SMILES string of the molecule is CCN(CC)C(=O)CCCOc1cccc(C)c1. The van der Waals surface area contributed by atoms with Crippen LogP contribution in [0.25, 0.3) is 0 Å². The van der Waals surface area contributed by atoms with E-state index < -0.39 is 0 Å². The van der Waals surface area contributed by atoms with Crippen LogP contribution in [-0.4, -0.2) is 30.5 Å². The van der Waals surface area contributed by atoms with Crippen LogP contribution in [0.5, 0.6) is 5.75 Å². The number of hydrogen-bond donors (Lipinski definition) is 0. The second-order valence-corrected chi connectivity index (χ2v) is 4.33. The Balaban J connectivity index is 2.24. The molecule has 3 nitrogen and oxygen atoms in total. The molecule has 0 saturated heterocycles. The molecule has 1 aromatic rings. The number of rotatable bonds is 7. The Morgan fingerprint density at radius 2 is 2.00 bits per heavy atom. The zero-order valence-electron chi connectivity index (χ0n) is 11.6. The van der Waals surface area contributed by atoms with Crippen molar-refractivity contribution >= 4 is 5.91 Å². The van der Waals surface area contributed by atoms with Gasteiger partial charge in [-0.05, 0) is 44.9 Å². The molecule has 0 heterocycles. The molecule has 0 aliphatic rings. The molecule has 1 amide bonds. The molecular formula is C15H23NO2. The van der Waals surface area contributed by atoms with Crippen LogP contribution in [0.1, 0.15) is 32.3 Å². The first-order valence-electron chi connectivity index (χ1n) is 6.64. The summed E-state index contributed by atoms with van der Waals surface area (Å²) in [7, 11) is 0. The van der Waals surface area contributed by atoms with Crippen LogP contribution in [0.4, 0.5) is 0 Å². The molecule has 0 aliphatic carbocycles. The van der Waals surface area contributed by atoms with Crippen molar-refractivity contribution < 1.29 is 9.53 Å². The molecule has 0 fully saturated rings. The normalized spacial score (nSPS) is 10.2. The van der Waals surface area contributed by atoms with Gasteiger partial charge in [-0.1, -0.05) is 12.1 Å². The third-order valence-corrected chi connectivity index (χ3v) is 2.91. The van der Waals surface area contributed by atoms with Gasteiger partial charge in [-0.15, -0.1) is 0 Å². The summed E-state index contributed by atoms with van der Waals surface area (Å²) in [6, 6.07) is 7.97. The fourth-order valence-electron chi connectivity index (χ4n) is 1.85. The van der Waals surface area contributed by atoms with E-state index in [1.54, 1.807) is 0 Å². The summed E-state index contributed by atoms with van der Waals surface area (Å²) < 4.78 is 5.61. The number of ether oxygens (including phenoxy) is 1. The Bertz CT molecular complexity index is 373. The molecule has 0 atom stereocenters. The van der Waals surface area contributed by atoms with Crippen molar-refractivity contribution in [2.45, 2.75) is 33.6 Å². The Hall–Kier alpha value is -1.51. The highest BCUT2D eigenvalue weighted by Crippen LogP contribution is 2.12. The maximum atomic E-state index is 11.7. The van der Waals surface area contributed by atoms with Crippen LogP contribution in [-0.2, 0) is 4.79 Å². The van der Waals surface area contributed by atoms with E-state index in [-0.39, 0.29) is 5.91 Å². The Labute approximate surface area is 110 Å². The Kier molecular flexibility index (Phi) is 6.26. The van der Waals surface area contributed by atoms with Crippen molar-refractivity contribution in [3.8, 4) is 5.75 Å². The minimum atomic E-state index is 0.216. The third kappa shape index (κ3) is 4.78. The lowest BCUT2D eigenvalue weighted by Crippen LogP contribution is -2.30. The summed E-state index contributed by atoms with van der Waals surface area (Å²) in [4.78, 5) is 13.6. The fraction of sp³-hybridized carbons (Fsp3) is 0.533. The van der Waals surface area contributed by atoms with Gasteiger partial charge in [-0.2, -0.15) is 0 Å². The van der Waals surface area contributed by atoms with Crippen molar-refractivity contribution in [3.05, 3.63) is 29.8 Å². The minimum Gasteiger partial charge on any atom is -0.494 e. The van der Waals surface area contributed by atoms with Gasteiger partial charge in [-0.3, -0.25) is 4.79 Å². The topological polar surface area (TPSA) is 29.5 Å². The van der Waals surface area contributed by atoms with E-state index in [4.69, 9.17) is 4.74 Å². The monoisotopic (exact) mass is 249 g/mol. The van der Waals surface area contributed by atoms with Crippen LogP contribution >= 0.6 is 0 Å². The third-order valence-electron chi connectivity index (χ3n) is 2.91. The lowest BCUT2D eigenvalue weighted by atomic mass is 10.2. The molecule has 0 aromatic heterocycles. The van der Waals surface area contributed by atoms with Gasteiger partial charge < -0.3 is 9.64 Å². The van der Waals surface area contributed by atoms with Gasteiger partial charge >= 0.3 is 0 Å². The van der Waals surface area contributed by atoms with Gasteiger partial charge in [-0.25, -0.2) is 0 Å². The number of carbonyl (C=O) groups excluding carboxylic acids is 1. The van der Waals surface area contributed by atoms with E-state index >= 15 is 0 Å². The van der Waals surface area contributed by atoms with Crippen molar-refractivity contribution in [1.82, 2.24) is 4.90 Å². The number of nitrogens with zero attached hydrogens (tertiary/aromatic N) is 1. The van der Waals surface area contributed by atoms with E-state index in [2.05, 4.69) is 0 Å². The van der Waals surface area contributed by atoms with E-state index in [9.17, 15) is 4.79 Å². The largest absolute Gasteiger partial charge is 0.494 e. The summed E-state index contributed by atoms with van der Waals surface area (Å²) >= 11 is 0. The Morgan fingerprint density at radius 1 is 1.28 bits per heavy atom. The highest BCUT2D eigenvalue weighted by molar-refractivity contribution is 5.76. The van der Waals surface area contributed by atoms with Gasteiger partial charge in [0.25, 0.3) is 0 Å². The van der Waals surface area contributed by atoms with Crippen LogP contribution in [0.15, 0.2) is 24.3 Å². The van der Waals surface area contributed by atoms with E-state index in [1.165, 1.54) is 5.56 Å². The van der Waals surface area contributed by atoms with Gasteiger partial charge in [0.2, 0.25) is 5.91 Å². The highest BCUT2D eigenvalue weighted by atomic mass is 16.5. The molecule has 0 radical (unpaired) electrons. The van der Waals surface area contributed by atoms with Crippen molar-refractivity contribution in [2.75, 3.05) is 19.7 Å². The summed E-state index contributed by atoms with van der Waals surface area (Å²) in [6.45, 7) is 8.21. The number of hydrogen-bond acceptors (Lipinski definition) is 2. The predicted octanol–water partition coefficient (Wildman–Crippen LogP) is 3.02. The summed E-state index contributed by atoms with van der Waals surface area (Å²) in [6.07, 6.45) is 1.33. The first-order valence-corrected chi connectivity index (χ1v) is 6.64. The van der Waals surface area contributed by atoms with Crippen molar-refractivity contribution in [3.63, 3.8) is 0 Å². The fourth-order valence-corrected chi connectivity index (χ4v) is 1.85. The van der Waals surface area contributed by atoms with Crippen LogP contribution in [0.3, 0.4) is 0 Å². The molecule has 1 rings (SSSR count). The number of amides is 1.